The number of morpholine rings is 1. The molecule has 1 fully saturated rings. The number of aliphatic carboxylic acids is 2. The van der Waals surface area contributed by atoms with Crippen LogP contribution in [0.5, 0.6) is 0 Å². The molecule has 0 spiro atoms. The molecule has 4 amide bonds. The first-order valence-electron chi connectivity index (χ1n) is 18.5. The molecule has 19 heteroatoms. The van der Waals surface area contributed by atoms with Crippen molar-refractivity contribution in [3.8, 4) is 0 Å². The number of carbonyl (C=O) groups is 6. The molecule has 18 nitrogen and oxygen atoms in total. The maximum atomic E-state index is 14.0. The van der Waals surface area contributed by atoms with Gasteiger partial charge in [0.25, 0.3) is 0 Å². The molecule has 1 aromatic heterocycles. The van der Waals surface area contributed by atoms with Gasteiger partial charge in [-0.1, -0.05) is 68.4 Å². The van der Waals surface area contributed by atoms with Gasteiger partial charge in [-0.3, -0.25) is 29.0 Å². The third-order valence-electron chi connectivity index (χ3n) is 8.96. The molecular formula is C39H48N6O12S. The Kier molecular flexibility index (Phi) is 16.7. The molecule has 0 radical (unpaired) electrons. The predicted molar refractivity (Wildman–Crippen MR) is 209 cm³/mol. The summed E-state index contributed by atoms with van der Waals surface area (Å²) in [5.41, 5.74) is 1.89. The van der Waals surface area contributed by atoms with Crippen molar-refractivity contribution in [3.63, 3.8) is 0 Å². The minimum Gasteiger partial charge on any atom is -0.481 e. The summed E-state index contributed by atoms with van der Waals surface area (Å²) in [5.74, 6) is -6.08. The molecule has 0 bridgehead atoms. The highest BCUT2D eigenvalue weighted by Crippen LogP contribution is 2.15. The molecule has 58 heavy (non-hydrogen) atoms. The molecule has 1 saturated heterocycles. The van der Waals surface area contributed by atoms with Gasteiger partial charge in [0, 0.05) is 29.6 Å². The van der Waals surface area contributed by atoms with Crippen molar-refractivity contribution in [2.75, 3.05) is 26.3 Å². The number of para-hydroxylation sites is 1. The van der Waals surface area contributed by atoms with Crippen molar-refractivity contribution in [1.29, 1.82) is 0 Å². The summed E-state index contributed by atoms with van der Waals surface area (Å²) in [4.78, 5) is 82.0. The van der Waals surface area contributed by atoms with E-state index in [0.717, 1.165) is 21.2 Å². The third kappa shape index (κ3) is 14.2. The Hall–Kier alpha value is -5.92. The molecule has 1 aliphatic rings. The summed E-state index contributed by atoms with van der Waals surface area (Å²) in [7, 11) is -3.97. The van der Waals surface area contributed by atoms with Crippen LogP contribution in [0.2, 0.25) is 0 Å². The van der Waals surface area contributed by atoms with Crippen LogP contribution in [0, 0.1) is 5.92 Å². The average Bonchev–Trinajstić information content (AvgIpc) is 3.19. The lowest BCUT2D eigenvalue weighted by Gasteiger charge is -2.27. The van der Waals surface area contributed by atoms with E-state index in [1.54, 1.807) is 56.3 Å². The number of sulfonamides is 1. The molecule has 4 atom stereocenters. The van der Waals surface area contributed by atoms with E-state index >= 15 is 0 Å². The van der Waals surface area contributed by atoms with Crippen LogP contribution in [-0.4, -0.2) is 114 Å². The zero-order valence-electron chi connectivity index (χ0n) is 32.0. The van der Waals surface area contributed by atoms with E-state index < -0.39 is 88.7 Å². The van der Waals surface area contributed by atoms with Gasteiger partial charge in [0.15, 0.2) is 0 Å². The van der Waals surface area contributed by atoms with Crippen molar-refractivity contribution >= 4 is 56.7 Å². The van der Waals surface area contributed by atoms with Crippen LogP contribution in [0.3, 0.4) is 0 Å². The molecule has 0 unspecified atom stereocenters. The quantitative estimate of drug-likeness (QED) is 0.0950. The number of hydrogen-bond acceptors (Lipinski definition) is 11. The molecule has 0 aliphatic carbocycles. The first kappa shape index (κ1) is 44.8. The molecule has 2 heterocycles. The Balaban J connectivity index is 1.53. The van der Waals surface area contributed by atoms with E-state index in [1.165, 1.54) is 0 Å². The van der Waals surface area contributed by atoms with Gasteiger partial charge in [-0.25, -0.2) is 13.2 Å². The summed E-state index contributed by atoms with van der Waals surface area (Å²) in [6, 6.07) is 13.9. The highest BCUT2D eigenvalue weighted by atomic mass is 32.2. The van der Waals surface area contributed by atoms with Gasteiger partial charge >= 0.3 is 18.0 Å². The molecule has 6 N–H and O–H groups in total. The number of alkyl carbamates (subject to hydrolysis) is 1. The largest absolute Gasteiger partial charge is 0.481 e. The Morgan fingerprint density at radius 3 is 2.14 bits per heavy atom. The predicted octanol–water partition coefficient (Wildman–Crippen LogP) is 1.70. The molecule has 3 aromatic rings. The van der Waals surface area contributed by atoms with Gasteiger partial charge in [0.1, 0.15) is 24.7 Å². The van der Waals surface area contributed by atoms with Gasteiger partial charge in [0.2, 0.25) is 27.7 Å². The van der Waals surface area contributed by atoms with Crippen LogP contribution in [0.1, 0.15) is 44.4 Å². The second-order valence-corrected chi connectivity index (χ2v) is 15.6. The fourth-order valence-corrected chi connectivity index (χ4v) is 7.09. The van der Waals surface area contributed by atoms with Crippen LogP contribution in [0.25, 0.3) is 10.9 Å². The van der Waals surface area contributed by atoms with Crippen LogP contribution in [0.4, 0.5) is 4.79 Å². The van der Waals surface area contributed by atoms with Crippen molar-refractivity contribution in [2.24, 2.45) is 5.92 Å². The van der Waals surface area contributed by atoms with Crippen LogP contribution >= 0.6 is 0 Å². The number of carbonyl (C=O) groups excluding carboxylic acids is 4. The second-order valence-electron chi connectivity index (χ2n) is 13.8. The number of pyridine rings is 1. The van der Waals surface area contributed by atoms with E-state index in [-0.39, 0.29) is 45.8 Å². The SMILES string of the molecule is CC(C)[C@H](NC(=O)[C@H](CCc1ccc2ccccc2n1)NC(=O)[C@H](CC(=O)O)NC(=O)OCc1ccccc1)C(=O)N[C@H](/C=C/S(=O)(=O)N1CCOCC1)CC(=O)O. The number of carboxylic acid groups (broad SMARTS) is 2. The van der Waals surface area contributed by atoms with Gasteiger partial charge < -0.3 is 41.0 Å². The van der Waals surface area contributed by atoms with E-state index in [9.17, 15) is 47.4 Å². The number of amides is 4. The number of rotatable bonds is 20. The van der Waals surface area contributed by atoms with Crippen LogP contribution in [0.15, 0.2) is 78.2 Å². The number of aromatic nitrogens is 1. The fraction of sp³-hybridized carbons (Fsp3) is 0.410. The number of aryl methyl sites for hydroxylation is 1. The van der Waals surface area contributed by atoms with Gasteiger partial charge in [-0.2, -0.15) is 4.31 Å². The summed E-state index contributed by atoms with van der Waals surface area (Å²) in [6.07, 6.45) is -1.51. The minimum atomic E-state index is -3.97. The zero-order valence-corrected chi connectivity index (χ0v) is 32.9. The number of nitrogens with zero attached hydrogens (tertiary/aromatic N) is 2. The van der Waals surface area contributed by atoms with Crippen molar-refractivity contribution in [2.45, 2.75) is 70.3 Å². The fourth-order valence-electron chi connectivity index (χ4n) is 5.87. The highest BCUT2D eigenvalue weighted by molar-refractivity contribution is 7.92. The molecular weight excluding hydrogens is 777 g/mol. The first-order chi connectivity index (χ1) is 27.6. The third-order valence-corrected chi connectivity index (χ3v) is 10.5. The Labute approximate surface area is 335 Å². The van der Waals surface area contributed by atoms with Gasteiger partial charge in [0.05, 0.1) is 37.6 Å². The van der Waals surface area contributed by atoms with Crippen molar-refractivity contribution in [3.05, 3.63) is 89.5 Å². The lowest BCUT2D eigenvalue weighted by Crippen LogP contribution is -2.58. The van der Waals surface area contributed by atoms with E-state index in [2.05, 4.69) is 26.3 Å². The summed E-state index contributed by atoms with van der Waals surface area (Å²) >= 11 is 0. The first-order valence-corrected chi connectivity index (χ1v) is 20.0. The lowest BCUT2D eigenvalue weighted by atomic mass is 10.0. The van der Waals surface area contributed by atoms with Crippen LogP contribution < -0.4 is 21.3 Å². The zero-order chi connectivity index (χ0) is 42.2. The van der Waals surface area contributed by atoms with E-state index in [1.807, 2.05) is 24.3 Å². The van der Waals surface area contributed by atoms with Gasteiger partial charge in [-0.15, -0.1) is 0 Å². The second kappa shape index (κ2) is 21.6. The summed E-state index contributed by atoms with van der Waals surface area (Å²) < 4.78 is 37.3. The molecule has 4 rings (SSSR count). The van der Waals surface area contributed by atoms with Crippen molar-refractivity contribution < 1.29 is 56.9 Å². The summed E-state index contributed by atoms with van der Waals surface area (Å²) in [5, 5.41) is 30.6. The molecule has 312 valence electrons. The van der Waals surface area contributed by atoms with E-state index in [0.29, 0.717) is 16.8 Å². The normalized spacial score (nSPS) is 15.5. The molecule has 0 saturated carbocycles. The average molecular weight is 825 g/mol. The Bertz CT molecular complexity index is 2060. The van der Waals surface area contributed by atoms with E-state index in [4.69, 9.17) is 9.47 Å². The number of benzene rings is 2. The number of nitrogens with one attached hydrogen (secondary N) is 4. The molecule has 2 aromatic carbocycles. The summed E-state index contributed by atoms with van der Waals surface area (Å²) in [6.45, 7) is 3.64. The minimum absolute atomic E-state index is 0.0859. The standard InChI is InChI=1S/C39H48N6O12S/c1-25(2)35(38(52)41-29(22-33(46)47)16-21-58(54,55)45-17-19-56-20-18-45)44-36(50)31(15-14-28-13-12-27-10-6-7-11-30(27)40-28)42-37(51)32(23-34(48)49)43-39(53)57-24-26-8-4-3-5-9-26/h3-13,16,21,25,29,31-32,35H,14-15,17-20,22-24H2,1-2H3,(H,41,52)(H,42,51)(H,43,53)(H,44,50)(H,46,47)(H,48,49)/b21-16+/t29-,31+,32+,35+/m1/s1. The van der Waals surface area contributed by atoms with Gasteiger partial charge in [-0.05, 0) is 42.5 Å². The molecule has 1 aliphatic heterocycles. The number of carboxylic acids is 2. The Morgan fingerprint density at radius 2 is 1.47 bits per heavy atom. The smallest absolute Gasteiger partial charge is 0.408 e. The Morgan fingerprint density at radius 1 is 0.810 bits per heavy atom. The number of ether oxygens (including phenoxy) is 2. The van der Waals surface area contributed by atoms with Crippen molar-refractivity contribution in [1.82, 2.24) is 30.6 Å². The highest BCUT2D eigenvalue weighted by Gasteiger charge is 2.33. The topological polar surface area (TPSA) is 260 Å². The number of hydrogen-bond donors (Lipinski definition) is 6. The lowest BCUT2D eigenvalue weighted by molar-refractivity contribution is -0.140. The maximum absolute atomic E-state index is 14.0. The number of fused-ring (bicyclic) bond motifs is 1. The van der Waals surface area contributed by atoms with Crippen LogP contribution in [-0.2, 0) is 56.5 Å². The maximum Gasteiger partial charge on any atom is 0.408 e. The monoisotopic (exact) mass is 824 g/mol.